The van der Waals surface area contributed by atoms with E-state index in [2.05, 4.69) is 5.32 Å². The Kier molecular flexibility index (Phi) is 6.26. The predicted molar refractivity (Wildman–Crippen MR) is 86.4 cm³/mol. The topological polar surface area (TPSA) is 67.9 Å². The Morgan fingerprint density at radius 1 is 1.04 bits per heavy atom. The van der Waals surface area contributed by atoms with Crippen LogP contribution in [0.2, 0.25) is 0 Å². The van der Waals surface area contributed by atoms with Gasteiger partial charge in [-0.3, -0.25) is 9.59 Å². The molecule has 1 aliphatic heterocycles. The minimum atomic E-state index is -0.554. The van der Waals surface area contributed by atoms with Gasteiger partial charge in [0.05, 0.1) is 14.2 Å². The average molecular weight is 320 g/mol. The van der Waals surface area contributed by atoms with Gasteiger partial charge in [-0.1, -0.05) is 18.9 Å². The van der Waals surface area contributed by atoms with Crippen LogP contribution in [-0.2, 0) is 16.1 Å². The molecule has 0 radical (unpaired) electrons. The van der Waals surface area contributed by atoms with Crippen molar-refractivity contribution in [3.05, 3.63) is 23.8 Å². The molecule has 0 saturated carbocycles. The van der Waals surface area contributed by atoms with Gasteiger partial charge in [0.1, 0.15) is 0 Å². The zero-order valence-electron chi connectivity index (χ0n) is 13.8. The highest BCUT2D eigenvalue weighted by Gasteiger charge is 2.22. The SMILES string of the molecule is COc1ccc(CNC(=O)C(=O)N2CCCCCC2)cc1OC. The molecule has 1 aliphatic rings. The van der Waals surface area contributed by atoms with Gasteiger partial charge in [0.25, 0.3) is 0 Å². The fourth-order valence-electron chi connectivity index (χ4n) is 2.67. The minimum absolute atomic E-state index is 0.277. The van der Waals surface area contributed by atoms with Gasteiger partial charge in [-0.15, -0.1) is 0 Å². The van der Waals surface area contributed by atoms with Crippen molar-refractivity contribution < 1.29 is 19.1 Å². The molecule has 1 heterocycles. The third-order valence-corrected chi connectivity index (χ3v) is 3.99. The molecular formula is C17H24N2O4. The Morgan fingerprint density at radius 2 is 1.70 bits per heavy atom. The zero-order valence-corrected chi connectivity index (χ0v) is 13.8. The van der Waals surface area contributed by atoms with Crippen LogP contribution in [0.4, 0.5) is 0 Å². The van der Waals surface area contributed by atoms with E-state index in [4.69, 9.17) is 9.47 Å². The monoisotopic (exact) mass is 320 g/mol. The second-order valence-electron chi connectivity index (χ2n) is 5.58. The molecule has 1 fully saturated rings. The Labute approximate surface area is 136 Å². The summed E-state index contributed by atoms with van der Waals surface area (Å²) in [5.41, 5.74) is 0.847. The van der Waals surface area contributed by atoms with E-state index in [-0.39, 0.29) is 6.54 Å². The van der Waals surface area contributed by atoms with Gasteiger partial charge in [-0.05, 0) is 30.5 Å². The minimum Gasteiger partial charge on any atom is -0.493 e. The molecule has 1 aromatic rings. The molecule has 1 aromatic carbocycles. The molecule has 2 rings (SSSR count). The quantitative estimate of drug-likeness (QED) is 0.858. The zero-order chi connectivity index (χ0) is 16.7. The highest BCUT2D eigenvalue weighted by atomic mass is 16.5. The summed E-state index contributed by atoms with van der Waals surface area (Å²) in [7, 11) is 3.13. The fraction of sp³-hybridized carbons (Fsp3) is 0.529. The normalized spacial score (nSPS) is 14.8. The number of benzene rings is 1. The number of hydrogen-bond donors (Lipinski definition) is 1. The maximum absolute atomic E-state index is 12.2. The van der Waals surface area contributed by atoms with E-state index in [1.807, 2.05) is 6.07 Å². The van der Waals surface area contributed by atoms with Crippen LogP contribution in [0.5, 0.6) is 11.5 Å². The van der Waals surface area contributed by atoms with E-state index in [1.54, 1.807) is 31.3 Å². The lowest BCUT2D eigenvalue weighted by Gasteiger charge is -2.19. The molecule has 0 aliphatic carbocycles. The first-order valence-electron chi connectivity index (χ1n) is 7.93. The van der Waals surface area contributed by atoms with Crippen molar-refractivity contribution in [2.45, 2.75) is 32.2 Å². The van der Waals surface area contributed by atoms with Crippen molar-refractivity contribution in [2.24, 2.45) is 0 Å². The Balaban J connectivity index is 1.91. The van der Waals surface area contributed by atoms with E-state index in [1.165, 1.54) is 0 Å². The van der Waals surface area contributed by atoms with Crippen molar-refractivity contribution in [3.8, 4) is 11.5 Å². The maximum Gasteiger partial charge on any atom is 0.311 e. The number of likely N-dealkylation sites (tertiary alicyclic amines) is 1. The lowest BCUT2D eigenvalue weighted by molar-refractivity contribution is -0.145. The van der Waals surface area contributed by atoms with Crippen LogP contribution < -0.4 is 14.8 Å². The molecule has 6 nitrogen and oxygen atoms in total. The number of ether oxygens (including phenoxy) is 2. The van der Waals surface area contributed by atoms with Gasteiger partial charge in [-0.2, -0.15) is 0 Å². The van der Waals surface area contributed by atoms with Crippen molar-refractivity contribution in [3.63, 3.8) is 0 Å². The van der Waals surface area contributed by atoms with Crippen LogP contribution in [0.25, 0.3) is 0 Å². The average Bonchev–Trinajstić information content (AvgIpc) is 2.87. The summed E-state index contributed by atoms with van der Waals surface area (Å²) in [5, 5.41) is 2.68. The molecule has 0 unspecified atom stereocenters. The standard InChI is InChI=1S/C17H24N2O4/c1-22-14-8-7-13(11-15(14)23-2)12-18-16(20)17(21)19-9-5-3-4-6-10-19/h7-8,11H,3-6,9-10,12H2,1-2H3,(H,18,20). The van der Waals surface area contributed by atoms with Gasteiger partial charge in [0.2, 0.25) is 0 Å². The van der Waals surface area contributed by atoms with Gasteiger partial charge in [0.15, 0.2) is 11.5 Å². The van der Waals surface area contributed by atoms with E-state index in [9.17, 15) is 9.59 Å². The number of methoxy groups -OCH3 is 2. The number of rotatable bonds is 4. The Bertz CT molecular complexity index is 552. The first kappa shape index (κ1) is 17.1. The maximum atomic E-state index is 12.2. The highest BCUT2D eigenvalue weighted by Crippen LogP contribution is 2.27. The molecule has 2 amide bonds. The Morgan fingerprint density at radius 3 is 2.30 bits per heavy atom. The summed E-state index contributed by atoms with van der Waals surface area (Å²) in [6.45, 7) is 1.62. The molecule has 1 saturated heterocycles. The van der Waals surface area contributed by atoms with Crippen LogP contribution >= 0.6 is 0 Å². The summed E-state index contributed by atoms with van der Waals surface area (Å²) < 4.78 is 10.4. The van der Waals surface area contributed by atoms with Crippen LogP contribution in [0.15, 0.2) is 18.2 Å². The second kappa shape index (κ2) is 8.41. The van der Waals surface area contributed by atoms with Crippen LogP contribution in [0.3, 0.4) is 0 Å². The molecule has 126 valence electrons. The summed E-state index contributed by atoms with van der Waals surface area (Å²) in [4.78, 5) is 25.9. The van der Waals surface area contributed by atoms with Crippen molar-refractivity contribution in [1.29, 1.82) is 0 Å². The first-order chi connectivity index (χ1) is 11.2. The van der Waals surface area contributed by atoms with Crippen molar-refractivity contribution >= 4 is 11.8 Å². The van der Waals surface area contributed by atoms with Crippen molar-refractivity contribution in [1.82, 2.24) is 10.2 Å². The third kappa shape index (κ3) is 4.61. The van der Waals surface area contributed by atoms with E-state index in [0.29, 0.717) is 24.6 Å². The van der Waals surface area contributed by atoms with E-state index >= 15 is 0 Å². The molecule has 0 bridgehead atoms. The van der Waals surface area contributed by atoms with Crippen LogP contribution in [-0.4, -0.2) is 44.0 Å². The number of carbonyl (C=O) groups is 2. The fourth-order valence-corrected chi connectivity index (χ4v) is 2.67. The van der Waals surface area contributed by atoms with Crippen LogP contribution in [0, 0.1) is 0 Å². The summed E-state index contributed by atoms with van der Waals surface area (Å²) >= 11 is 0. The van der Waals surface area contributed by atoms with Crippen molar-refractivity contribution in [2.75, 3.05) is 27.3 Å². The van der Waals surface area contributed by atoms with Gasteiger partial charge < -0.3 is 19.7 Å². The summed E-state index contributed by atoms with van der Waals surface area (Å²) in [6.07, 6.45) is 4.18. The van der Waals surface area contributed by atoms with Gasteiger partial charge in [0, 0.05) is 19.6 Å². The van der Waals surface area contributed by atoms with Gasteiger partial charge in [-0.25, -0.2) is 0 Å². The summed E-state index contributed by atoms with van der Waals surface area (Å²) in [6, 6.07) is 5.39. The molecule has 23 heavy (non-hydrogen) atoms. The first-order valence-corrected chi connectivity index (χ1v) is 7.93. The number of nitrogens with one attached hydrogen (secondary N) is 1. The highest BCUT2D eigenvalue weighted by molar-refractivity contribution is 6.34. The van der Waals surface area contributed by atoms with Crippen LogP contribution in [0.1, 0.15) is 31.2 Å². The van der Waals surface area contributed by atoms with E-state index in [0.717, 1.165) is 31.2 Å². The number of hydrogen-bond acceptors (Lipinski definition) is 4. The second-order valence-corrected chi connectivity index (χ2v) is 5.58. The molecular weight excluding hydrogens is 296 g/mol. The smallest absolute Gasteiger partial charge is 0.311 e. The predicted octanol–water partition coefficient (Wildman–Crippen LogP) is 1.72. The largest absolute Gasteiger partial charge is 0.493 e. The summed E-state index contributed by atoms with van der Waals surface area (Å²) in [5.74, 6) is 0.232. The molecule has 0 spiro atoms. The lowest BCUT2D eigenvalue weighted by Crippen LogP contribution is -2.43. The molecule has 1 N–H and O–H groups in total. The Hall–Kier alpha value is -2.24. The lowest BCUT2D eigenvalue weighted by atomic mass is 10.2. The van der Waals surface area contributed by atoms with E-state index < -0.39 is 11.8 Å². The number of amides is 2. The molecule has 6 heteroatoms. The molecule has 0 atom stereocenters. The number of nitrogens with zero attached hydrogens (tertiary/aromatic N) is 1. The molecule has 0 aromatic heterocycles. The number of carbonyl (C=O) groups excluding carboxylic acids is 2. The third-order valence-electron chi connectivity index (χ3n) is 3.99. The van der Waals surface area contributed by atoms with Gasteiger partial charge >= 0.3 is 11.8 Å².